The molecule has 2 aromatic heterocycles. The fourth-order valence-corrected chi connectivity index (χ4v) is 3.82. The van der Waals surface area contributed by atoms with E-state index in [1.807, 2.05) is 37.6 Å². The summed E-state index contributed by atoms with van der Waals surface area (Å²) in [4.78, 5) is 23.8. The van der Waals surface area contributed by atoms with E-state index < -0.39 is 0 Å². The number of H-pyrrole nitrogens is 1. The van der Waals surface area contributed by atoms with Gasteiger partial charge in [0.25, 0.3) is 0 Å². The van der Waals surface area contributed by atoms with Gasteiger partial charge in [0, 0.05) is 53.0 Å². The number of benzene rings is 1. The summed E-state index contributed by atoms with van der Waals surface area (Å²) in [6.07, 6.45) is 3.83. The number of imidazole rings is 1. The van der Waals surface area contributed by atoms with Gasteiger partial charge in [-0.15, -0.1) is 0 Å². The SMILES string of the molecule is CN=C(NCc1ccc(N2CCN(C)CC2)nc1)N(C)Cc1ncc(-c2ccccc2)[nH]1. The van der Waals surface area contributed by atoms with Crippen molar-refractivity contribution in [2.24, 2.45) is 4.99 Å². The number of hydrogen-bond donors (Lipinski definition) is 2. The third-order valence-corrected chi connectivity index (χ3v) is 5.76. The van der Waals surface area contributed by atoms with Crippen LogP contribution in [0, 0.1) is 0 Å². The second kappa shape index (κ2) is 10.3. The van der Waals surface area contributed by atoms with Crippen molar-refractivity contribution < 1.29 is 0 Å². The number of nitrogens with one attached hydrogen (secondary N) is 2. The minimum atomic E-state index is 0.632. The van der Waals surface area contributed by atoms with E-state index in [0.717, 1.165) is 60.6 Å². The first-order chi connectivity index (χ1) is 15.6. The summed E-state index contributed by atoms with van der Waals surface area (Å²) >= 11 is 0. The van der Waals surface area contributed by atoms with Gasteiger partial charge in [0.15, 0.2) is 5.96 Å². The number of rotatable bonds is 6. The molecule has 32 heavy (non-hydrogen) atoms. The van der Waals surface area contributed by atoms with E-state index in [0.29, 0.717) is 13.1 Å². The second-order valence-corrected chi connectivity index (χ2v) is 8.18. The maximum Gasteiger partial charge on any atom is 0.194 e. The van der Waals surface area contributed by atoms with Crippen LogP contribution in [-0.4, -0.2) is 78.0 Å². The Bertz CT molecular complexity index is 1000. The summed E-state index contributed by atoms with van der Waals surface area (Å²) in [5.74, 6) is 2.76. The molecule has 168 valence electrons. The second-order valence-electron chi connectivity index (χ2n) is 8.18. The van der Waals surface area contributed by atoms with Crippen molar-refractivity contribution in [1.82, 2.24) is 30.1 Å². The number of aromatic nitrogens is 3. The fourth-order valence-electron chi connectivity index (χ4n) is 3.82. The molecule has 1 fully saturated rings. The van der Waals surface area contributed by atoms with Gasteiger partial charge in [-0.05, 0) is 24.2 Å². The molecule has 1 saturated heterocycles. The number of anilines is 1. The zero-order valence-corrected chi connectivity index (χ0v) is 19.1. The van der Waals surface area contributed by atoms with Gasteiger partial charge in [0.05, 0.1) is 18.4 Å². The number of aliphatic imine (C=N–C) groups is 1. The standard InChI is InChI=1S/C24H32N8/c1-25-24(31(3)18-22-26-17-21(29-22)20-7-5-4-6-8-20)28-16-19-9-10-23(27-15-19)32-13-11-30(2)12-14-32/h4-10,15,17H,11-14,16,18H2,1-3H3,(H,25,28)(H,26,29). The predicted octanol–water partition coefficient (Wildman–Crippen LogP) is 2.43. The molecular formula is C24H32N8. The molecule has 2 N–H and O–H groups in total. The first kappa shape index (κ1) is 21.8. The van der Waals surface area contributed by atoms with E-state index in [2.05, 4.69) is 71.3 Å². The van der Waals surface area contributed by atoms with Crippen LogP contribution in [0.1, 0.15) is 11.4 Å². The van der Waals surface area contributed by atoms with Gasteiger partial charge in [-0.1, -0.05) is 36.4 Å². The molecule has 0 bridgehead atoms. The van der Waals surface area contributed by atoms with Gasteiger partial charge >= 0.3 is 0 Å². The number of pyridine rings is 1. The smallest absolute Gasteiger partial charge is 0.194 e. The average Bonchev–Trinajstić information content (AvgIpc) is 3.29. The minimum Gasteiger partial charge on any atom is -0.354 e. The Morgan fingerprint density at radius 3 is 2.53 bits per heavy atom. The molecule has 0 radical (unpaired) electrons. The van der Waals surface area contributed by atoms with Gasteiger partial charge in [-0.25, -0.2) is 9.97 Å². The molecule has 8 heteroatoms. The summed E-state index contributed by atoms with van der Waals surface area (Å²) in [5.41, 5.74) is 3.27. The Morgan fingerprint density at radius 1 is 1.06 bits per heavy atom. The van der Waals surface area contributed by atoms with Gasteiger partial charge < -0.3 is 25.0 Å². The normalized spacial score (nSPS) is 15.1. The maximum absolute atomic E-state index is 4.67. The fraction of sp³-hybridized carbons (Fsp3) is 0.375. The molecule has 1 aliphatic heterocycles. The zero-order chi connectivity index (χ0) is 22.3. The van der Waals surface area contributed by atoms with Crippen molar-refractivity contribution in [3.05, 3.63) is 66.2 Å². The number of guanidine groups is 1. The van der Waals surface area contributed by atoms with Crippen LogP contribution >= 0.6 is 0 Å². The quantitative estimate of drug-likeness (QED) is 0.460. The van der Waals surface area contributed by atoms with Crippen molar-refractivity contribution in [3.63, 3.8) is 0 Å². The van der Waals surface area contributed by atoms with Crippen LogP contribution in [0.15, 0.2) is 59.9 Å². The zero-order valence-electron chi connectivity index (χ0n) is 19.1. The molecule has 3 heterocycles. The lowest BCUT2D eigenvalue weighted by molar-refractivity contribution is 0.312. The molecule has 8 nitrogen and oxygen atoms in total. The minimum absolute atomic E-state index is 0.632. The molecule has 0 unspecified atom stereocenters. The van der Waals surface area contributed by atoms with Crippen LogP contribution in [0.5, 0.6) is 0 Å². The van der Waals surface area contributed by atoms with Crippen LogP contribution in [0.25, 0.3) is 11.3 Å². The summed E-state index contributed by atoms with van der Waals surface area (Å²) in [6.45, 7) is 5.51. The topological polar surface area (TPSA) is 75.7 Å². The van der Waals surface area contributed by atoms with E-state index in [9.17, 15) is 0 Å². The lowest BCUT2D eigenvalue weighted by Gasteiger charge is -2.33. The third kappa shape index (κ3) is 5.45. The van der Waals surface area contributed by atoms with Gasteiger partial charge in [0.1, 0.15) is 11.6 Å². The Balaban J connectivity index is 1.30. The van der Waals surface area contributed by atoms with Crippen LogP contribution in [0.3, 0.4) is 0 Å². The number of likely N-dealkylation sites (N-methyl/N-ethyl adjacent to an activating group) is 1. The van der Waals surface area contributed by atoms with Crippen LogP contribution in [0.4, 0.5) is 5.82 Å². The molecule has 4 rings (SSSR count). The van der Waals surface area contributed by atoms with Gasteiger partial charge in [-0.2, -0.15) is 0 Å². The van der Waals surface area contributed by atoms with E-state index in [-0.39, 0.29) is 0 Å². The highest BCUT2D eigenvalue weighted by Crippen LogP contribution is 2.17. The summed E-state index contributed by atoms with van der Waals surface area (Å²) in [7, 11) is 5.97. The van der Waals surface area contributed by atoms with Crippen molar-refractivity contribution in [2.75, 3.05) is 52.2 Å². The third-order valence-electron chi connectivity index (χ3n) is 5.76. The largest absolute Gasteiger partial charge is 0.354 e. The number of hydrogen-bond acceptors (Lipinski definition) is 5. The lowest BCUT2D eigenvalue weighted by atomic mass is 10.2. The molecule has 0 spiro atoms. The molecule has 0 amide bonds. The highest BCUT2D eigenvalue weighted by Gasteiger charge is 2.15. The number of nitrogens with zero attached hydrogens (tertiary/aromatic N) is 6. The van der Waals surface area contributed by atoms with Crippen molar-refractivity contribution in [1.29, 1.82) is 0 Å². The van der Waals surface area contributed by atoms with E-state index in [1.54, 1.807) is 7.05 Å². The Hall–Kier alpha value is -3.39. The molecule has 1 aliphatic rings. The monoisotopic (exact) mass is 432 g/mol. The first-order valence-corrected chi connectivity index (χ1v) is 11.0. The predicted molar refractivity (Wildman–Crippen MR) is 130 cm³/mol. The number of piperazine rings is 1. The Kier molecular flexibility index (Phi) is 7.01. The lowest BCUT2D eigenvalue weighted by Crippen LogP contribution is -2.44. The molecule has 0 saturated carbocycles. The van der Waals surface area contributed by atoms with Crippen molar-refractivity contribution in [3.8, 4) is 11.3 Å². The first-order valence-electron chi connectivity index (χ1n) is 11.0. The molecule has 0 atom stereocenters. The van der Waals surface area contributed by atoms with Crippen LogP contribution in [0.2, 0.25) is 0 Å². The summed E-state index contributed by atoms with van der Waals surface area (Å²) < 4.78 is 0. The Labute approximate surface area is 190 Å². The van der Waals surface area contributed by atoms with Crippen molar-refractivity contribution >= 4 is 11.8 Å². The maximum atomic E-state index is 4.67. The van der Waals surface area contributed by atoms with Crippen molar-refractivity contribution in [2.45, 2.75) is 13.1 Å². The van der Waals surface area contributed by atoms with E-state index in [1.165, 1.54) is 0 Å². The van der Waals surface area contributed by atoms with Gasteiger partial charge in [0.2, 0.25) is 0 Å². The molecule has 0 aliphatic carbocycles. The molecule has 1 aromatic carbocycles. The van der Waals surface area contributed by atoms with E-state index >= 15 is 0 Å². The average molecular weight is 433 g/mol. The summed E-state index contributed by atoms with van der Waals surface area (Å²) in [6, 6.07) is 14.5. The summed E-state index contributed by atoms with van der Waals surface area (Å²) in [5, 5.41) is 3.42. The highest BCUT2D eigenvalue weighted by molar-refractivity contribution is 5.79. The molecular weight excluding hydrogens is 400 g/mol. The highest BCUT2D eigenvalue weighted by atomic mass is 15.3. The van der Waals surface area contributed by atoms with E-state index in [4.69, 9.17) is 0 Å². The van der Waals surface area contributed by atoms with Crippen LogP contribution in [-0.2, 0) is 13.1 Å². The number of aromatic amines is 1. The molecule has 3 aromatic rings. The Morgan fingerprint density at radius 2 is 1.84 bits per heavy atom. The van der Waals surface area contributed by atoms with Crippen LogP contribution < -0.4 is 10.2 Å². The van der Waals surface area contributed by atoms with Gasteiger partial charge in [-0.3, -0.25) is 4.99 Å².